The second-order valence-electron chi connectivity index (χ2n) is 9.58. The molecule has 1 aromatic heterocycles. The Hall–Kier alpha value is -4.66. The van der Waals surface area contributed by atoms with Crippen LogP contribution in [0, 0.1) is 12.7 Å². The van der Waals surface area contributed by atoms with E-state index in [-0.39, 0.29) is 24.5 Å². The molecule has 0 saturated heterocycles. The van der Waals surface area contributed by atoms with Crippen LogP contribution >= 0.6 is 11.6 Å². The number of hydrogen-bond donors (Lipinski definition) is 2. The average Bonchev–Trinajstić information content (AvgIpc) is 3.29. The highest BCUT2D eigenvalue weighted by molar-refractivity contribution is 6.30. The molecule has 5 rings (SSSR count). The smallest absolute Gasteiger partial charge is 0.393 e. The average molecular weight is 574 g/mol. The van der Waals surface area contributed by atoms with E-state index in [1.807, 2.05) is 30.3 Å². The predicted molar refractivity (Wildman–Crippen MR) is 152 cm³/mol. The summed E-state index contributed by atoms with van der Waals surface area (Å²) < 4.78 is 19.5. The van der Waals surface area contributed by atoms with Crippen molar-refractivity contribution in [3.05, 3.63) is 124 Å². The molecule has 1 atom stereocenters. The molecule has 41 heavy (non-hydrogen) atoms. The standard InChI is InChI=1S/C32H25ClFNO6/c1-19-27-15-8-23(22-6-9-24(33)10-7-22)17-29(27)40-30(19)32(39)41-35(18-21-2-11-25(34)12-3-21)28(31(37)38)16-20-4-13-26(36)14-5-20/h2-15,17,28,36H,16,18H2,1H3,(H,37,38). The lowest BCUT2D eigenvalue weighted by Gasteiger charge is -2.27. The number of carboxylic acids is 1. The second-order valence-corrected chi connectivity index (χ2v) is 10.0. The van der Waals surface area contributed by atoms with Crippen molar-refractivity contribution < 1.29 is 33.4 Å². The summed E-state index contributed by atoms with van der Waals surface area (Å²) in [6.45, 7) is 1.60. The van der Waals surface area contributed by atoms with Gasteiger partial charge >= 0.3 is 11.9 Å². The van der Waals surface area contributed by atoms with Gasteiger partial charge in [-0.3, -0.25) is 4.79 Å². The minimum absolute atomic E-state index is 0.0341. The number of aromatic hydroxyl groups is 1. The summed E-state index contributed by atoms with van der Waals surface area (Å²) in [5.41, 5.74) is 3.92. The van der Waals surface area contributed by atoms with Gasteiger partial charge in [0.25, 0.3) is 0 Å². The topological polar surface area (TPSA) is 100 Å². The van der Waals surface area contributed by atoms with Gasteiger partial charge in [-0.2, -0.15) is 0 Å². The fraction of sp³-hybridized carbons (Fsp3) is 0.125. The number of hydroxylamine groups is 2. The molecule has 9 heteroatoms. The van der Waals surface area contributed by atoms with Crippen molar-refractivity contribution in [3.8, 4) is 16.9 Å². The fourth-order valence-corrected chi connectivity index (χ4v) is 4.66. The zero-order chi connectivity index (χ0) is 29.1. The van der Waals surface area contributed by atoms with Crippen molar-refractivity contribution in [2.24, 2.45) is 0 Å². The zero-order valence-corrected chi connectivity index (χ0v) is 22.6. The maximum atomic E-state index is 13.5. The molecule has 0 aliphatic heterocycles. The lowest BCUT2D eigenvalue weighted by Crippen LogP contribution is -2.43. The van der Waals surface area contributed by atoms with Crippen LogP contribution in [-0.4, -0.2) is 33.3 Å². The first-order valence-electron chi connectivity index (χ1n) is 12.7. The number of carbonyl (C=O) groups excluding carboxylic acids is 1. The number of halogens is 2. The van der Waals surface area contributed by atoms with Crippen LogP contribution in [0.3, 0.4) is 0 Å². The Kier molecular flexibility index (Phi) is 8.05. The molecular formula is C32H25ClFNO6. The van der Waals surface area contributed by atoms with Gasteiger partial charge in [0.05, 0.1) is 6.54 Å². The number of nitrogens with zero attached hydrogens (tertiary/aromatic N) is 1. The molecule has 0 aliphatic rings. The fourth-order valence-electron chi connectivity index (χ4n) is 4.53. The third-order valence-corrected chi connectivity index (χ3v) is 7.00. The largest absolute Gasteiger partial charge is 0.508 e. The van der Waals surface area contributed by atoms with Crippen molar-refractivity contribution in [2.45, 2.75) is 25.9 Å². The molecule has 0 aliphatic carbocycles. The maximum absolute atomic E-state index is 13.5. The van der Waals surface area contributed by atoms with Crippen molar-refractivity contribution in [1.29, 1.82) is 0 Å². The molecule has 0 amide bonds. The SMILES string of the molecule is Cc1c(C(=O)ON(Cc2ccc(F)cc2)C(Cc2ccc(O)cc2)C(=O)O)oc2cc(-c3ccc(Cl)cc3)ccc12. The third-order valence-electron chi connectivity index (χ3n) is 6.75. The maximum Gasteiger partial charge on any atom is 0.393 e. The van der Waals surface area contributed by atoms with E-state index < -0.39 is 23.8 Å². The van der Waals surface area contributed by atoms with Gasteiger partial charge in [0.15, 0.2) is 0 Å². The molecule has 7 nitrogen and oxygen atoms in total. The molecule has 0 saturated carbocycles. The van der Waals surface area contributed by atoms with Gasteiger partial charge in [0.2, 0.25) is 5.76 Å². The van der Waals surface area contributed by atoms with Crippen LogP contribution in [0.5, 0.6) is 5.75 Å². The molecule has 1 heterocycles. The van der Waals surface area contributed by atoms with Crippen molar-refractivity contribution >= 4 is 34.5 Å². The van der Waals surface area contributed by atoms with Gasteiger partial charge < -0.3 is 19.5 Å². The number of benzene rings is 4. The van der Waals surface area contributed by atoms with Crippen LogP contribution < -0.4 is 0 Å². The summed E-state index contributed by atoms with van der Waals surface area (Å²) in [5.74, 6) is -2.58. The van der Waals surface area contributed by atoms with Crippen molar-refractivity contribution in [3.63, 3.8) is 0 Å². The summed E-state index contributed by atoms with van der Waals surface area (Å²) in [7, 11) is 0. The summed E-state index contributed by atoms with van der Waals surface area (Å²) in [6, 6.07) is 23.1. The van der Waals surface area contributed by atoms with Crippen molar-refractivity contribution in [1.82, 2.24) is 5.06 Å². The Morgan fingerprint density at radius 3 is 2.22 bits per heavy atom. The van der Waals surface area contributed by atoms with E-state index in [0.717, 1.165) is 16.2 Å². The number of rotatable bonds is 9. The van der Waals surface area contributed by atoms with Crippen LogP contribution in [-0.2, 0) is 22.6 Å². The highest BCUT2D eigenvalue weighted by Crippen LogP contribution is 2.31. The second kappa shape index (κ2) is 11.8. The number of phenols is 1. The zero-order valence-electron chi connectivity index (χ0n) is 21.9. The Morgan fingerprint density at radius 2 is 1.56 bits per heavy atom. The van der Waals surface area contributed by atoms with E-state index in [1.54, 1.807) is 31.2 Å². The normalized spacial score (nSPS) is 12.0. The third kappa shape index (κ3) is 6.40. The van der Waals surface area contributed by atoms with Crippen LogP contribution in [0.25, 0.3) is 22.1 Å². The number of aliphatic carboxylic acids is 1. The minimum atomic E-state index is -1.30. The number of hydrogen-bond acceptors (Lipinski definition) is 6. The summed E-state index contributed by atoms with van der Waals surface area (Å²) in [5, 5.41) is 22.1. The predicted octanol–water partition coefficient (Wildman–Crippen LogP) is 7.18. The molecule has 0 spiro atoms. The Morgan fingerprint density at radius 1 is 0.927 bits per heavy atom. The number of carbonyl (C=O) groups is 2. The molecule has 4 aromatic carbocycles. The van der Waals surface area contributed by atoms with E-state index >= 15 is 0 Å². The van der Waals surface area contributed by atoms with E-state index in [1.165, 1.54) is 36.4 Å². The first kappa shape index (κ1) is 27.9. The van der Waals surface area contributed by atoms with Gasteiger partial charge in [-0.25, -0.2) is 9.18 Å². The van der Waals surface area contributed by atoms with Gasteiger partial charge in [-0.1, -0.05) is 60.1 Å². The van der Waals surface area contributed by atoms with E-state index in [2.05, 4.69) is 0 Å². The Labute approximate surface area is 239 Å². The molecular weight excluding hydrogens is 549 g/mol. The molecule has 0 radical (unpaired) electrons. The lowest BCUT2D eigenvalue weighted by atomic mass is 10.0. The Balaban J connectivity index is 1.46. The summed E-state index contributed by atoms with van der Waals surface area (Å²) in [6.07, 6.45) is -0.0341. The molecule has 2 N–H and O–H groups in total. The molecule has 208 valence electrons. The first-order chi connectivity index (χ1) is 19.7. The van der Waals surface area contributed by atoms with Gasteiger partial charge in [0.1, 0.15) is 23.2 Å². The van der Waals surface area contributed by atoms with E-state index in [0.29, 0.717) is 32.7 Å². The van der Waals surface area contributed by atoms with Crippen molar-refractivity contribution in [2.75, 3.05) is 0 Å². The highest BCUT2D eigenvalue weighted by atomic mass is 35.5. The Bertz CT molecular complexity index is 1700. The molecule has 5 aromatic rings. The van der Waals surface area contributed by atoms with Crippen LogP contribution in [0.1, 0.15) is 27.2 Å². The molecule has 1 unspecified atom stereocenters. The van der Waals surface area contributed by atoms with Gasteiger partial charge in [-0.15, -0.1) is 5.06 Å². The summed E-state index contributed by atoms with van der Waals surface area (Å²) >= 11 is 6.01. The number of fused-ring (bicyclic) bond motifs is 1. The quantitative estimate of drug-likeness (QED) is 0.180. The number of phenolic OH excluding ortho intramolecular Hbond substituents is 1. The minimum Gasteiger partial charge on any atom is -0.508 e. The number of furan rings is 1. The van der Waals surface area contributed by atoms with Gasteiger partial charge in [-0.05, 0) is 71.6 Å². The highest BCUT2D eigenvalue weighted by Gasteiger charge is 2.32. The molecule has 0 bridgehead atoms. The first-order valence-corrected chi connectivity index (χ1v) is 13.1. The van der Waals surface area contributed by atoms with E-state index in [4.69, 9.17) is 20.9 Å². The van der Waals surface area contributed by atoms with E-state index in [9.17, 15) is 24.2 Å². The number of carboxylic acid groups (broad SMARTS) is 1. The lowest BCUT2D eigenvalue weighted by molar-refractivity contribution is -0.175. The van der Waals surface area contributed by atoms with Crippen LogP contribution in [0.2, 0.25) is 5.02 Å². The molecule has 0 fully saturated rings. The van der Waals surface area contributed by atoms with Gasteiger partial charge in [0, 0.05) is 22.4 Å². The summed E-state index contributed by atoms with van der Waals surface area (Å²) in [4.78, 5) is 31.5. The monoisotopic (exact) mass is 573 g/mol. The van der Waals surface area contributed by atoms with Crippen LogP contribution in [0.15, 0.2) is 95.4 Å². The number of aryl methyl sites for hydroxylation is 1. The van der Waals surface area contributed by atoms with Crippen LogP contribution in [0.4, 0.5) is 4.39 Å².